The molecule has 6 heteroatoms. The van der Waals surface area contributed by atoms with Crippen LogP contribution in [0.5, 0.6) is 0 Å². The summed E-state index contributed by atoms with van der Waals surface area (Å²) in [5.41, 5.74) is 0. The van der Waals surface area contributed by atoms with E-state index in [0.29, 0.717) is 0 Å². The van der Waals surface area contributed by atoms with Gasteiger partial charge in [-0.05, 0) is 0 Å². The number of hydrogen-bond acceptors (Lipinski definition) is 0. The first-order valence-corrected chi connectivity index (χ1v) is 0. The normalized spacial score (nSPS) is 0. The van der Waals surface area contributed by atoms with Crippen LogP contribution in [0, 0.1) is 0 Å². The molecule has 0 aliphatic heterocycles. The summed E-state index contributed by atoms with van der Waals surface area (Å²) in [7, 11) is 0. The van der Waals surface area contributed by atoms with Crippen LogP contribution in [-0.2, 0) is 0 Å². The zero-order chi connectivity index (χ0) is 0. The van der Waals surface area contributed by atoms with Crippen molar-refractivity contribution < 1.29 is 16.4 Å². The van der Waals surface area contributed by atoms with Gasteiger partial charge in [-0.3, -0.25) is 0 Å². The van der Waals surface area contributed by atoms with Gasteiger partial charge < -0.3 is 16.4 Å². The molecule has 0 aliphatic rings. The summed E-state index contributed by atoms with van der Waals surface area (Å²) in [4.78, 5) is 0. The largest absolute Gasteiger partial charge is 0.412 e. The van der Waals surface area contributed by atoms with Crippen molar-refractivity contribution in [2.75, 3.05) is 0 Å². The third-order valence-electron chi connectivity index (χ3n) is 0. The summed E-state index contributed by atoms with van der Waals surface area (Å²) in [6.07, 6.45) is 0. The monoisotopic (exact) mass is 220 g/mol. The van der Waals surface area contributed by atoms with Crippen molar-refractivity contribution in [2.45, 2.75) is 0 Å². The standard InChI is InChI=1S/2Na.3H2O.Sn/h;;3*1H2;. The summed E-state index contributed by atoms with van der Waals surface area (Å²) < 4.78 is 0. The minimum absolute atomic E-state index is 0. The fourth-order valence-electron chi connectivity index (χ4n) is 0. The molecule has 0 rings (SSSR count). The maximum Gasteiger partial charge on any atom is 0 e. The number of rotatable bonds is 0. The second kappa shape index (κ2) is 47.7. The topological polar surface area (TPSA) is 94.5 Å². The smallest absolute Gasteiger partial charge is 0 e. The van der Waals surface area contributed by atoms with Crippen LogP contribution in [-0.4, -0.2) is 99.5 Å². The Morgan fingerprint density at radius 3 is 0.500 bits per heavy atom. The molecule has 0 heterocycles. The van der Waals surface area contributed by atoms with Crippen molar-refractivity contribution in [3.63, 3.8) is 0 Å². The molecule has 0 aromatic heterocycles. The summed E-state index contributed by atoms with van der Waals surface area (Å²) in [6, 6.07) is 0. The van der Waals surface area contributed by atoms with Crippen molar-refractivity contribution >= 4 is 83.0 Å². The van der Waals surface area contributed by atoms with E-state index in [1.165, 1.54) is 0 Å². The molecule has 6 radical (unpaired) electrons. The first kappa shape index (κ1) is 71.3. The number of hydrogen-bond donors (Lipinski definition) is 0. The summed E-state index contributed by atoms with van der Waals surface area (Å²) >= 11 is 0. The Balaban J connectivity index is 0. The molecular formula is H6Na2O3Sn. The van der Waals surface area contributed by atoms with E-state index in [4.69, 9.17) is 0 Å². The van der Waals surface area contributed by atoms with Gasteiger partial charge in [0, 0.05) is 83.0 Å². The Morgan fingerprint density at radius 1 is 0.500 bits per heavy atom. The zero-order valence-electron chi connectivity index (χ0n) is 4.00. The minimum Gasteiger partial charge on any atom is -0.412 e. The van der Waals surface area contributed by atoms with Gasteiger partial charge >= 0.3 is 0 Å². The molecule has 0 amide bonds. The van der Waals surface area contributed by atoms with Crippen molar-refractivity contribution in [3.8, 4) is 0 Å². The Bertz CT molecular complexity index is 8.75. The molecule has 6 heavy (non-hydrogen) atoms. The molecule has 0 aromatic carbocycles. The van der Waals surface area contributed by atoms with E-state index in [1.54, 1.807) is 0 Å². The molecule has 0 atom stereocenters. The van der Waals surface area contributed by atoms with Gasteiger partial charge in [0.15, 0.2) is 0 Å². The second-order valence-electron chi connectivity index (χ2n) is 0. The van der Waals surface area contributed by atoms with Gasteiger partial charge in [0.1, 0.15) is 0 Å². The van der Waals surface area contributed by atoms with Gasteiger partial charge in [0.2, 0.25) is 0 Å². The average molecular weight is 219 g/mol. The van der Waals surface area contributed by atoms with Crippen LogP contribution < -0.4 is 0 Å². The fraction of sp³-hybridized carbons (Fsp3) is 0. The molecular weight excluding hydrogens is 213 g/mol. The molecule has 0 spiro atoms. The second-order valence-corrected chi connectivity index (χ2v) is 0. The molecule has 0 bridgehead atoms. The van der Waals surface area contributed by atoms with Crippen LogP contribution >= 0.6 is 0 Å². The van der Waals surface area contributed by atoms with Crippen LogP contribution in [0.4, 0.5) is 0 Å². The summed E-state index contributed by atoms with van der Waals surface area (Å²) in [5, 5.41) is 0. The third-order valence-corrected chi connectivity index (χ3v) is 0. The van der Waals surface area contributed by atoms with Crippen LogP contribution in [0.2, 0.25) is 0 Å². The molecule has 6 N–H and O–H groups in total. The van der Waals surface area contributed by atoms with Crippen molar-refractivity contribution in [2.24, 2.45) is 0 Å². The Labute approximate surface area is 97.7 Å². The molecule has 30 valence electrons. The van der Waals surface area contributed by atoms with Gasteiger partial charge in [-0.15, -0.1) is 0 Å². The van der Waals surface area contributed by atoms with E-state index in [-0.39, 0.29) is 99.5 Å². The summed E-state index contributed by atoms with van der Waals surface area (Å²) in [5.74, 6) is 0. The van der Waals surface area contributed by atoms with Crippen LogP contribution in [0.3, 0.4) is 0 Å². The van der Waals surface area contributed by atoms with Crippen LogP contribution in [0.15, 0.2) is 0 Å². The third kappa shape index (κ3) is 30.0. The van der Waals surface area contributed by atoms with Crippen LogP contribution in [0.25, 0.3) is 0 Å². The van der Waals surface area contributed by atoms with Gasteiger partial charge in [0.05, 0.1) is 0 Å². The summed E-state index contributed by atoms with van der Waals surface area (Å²) in [6.45, 7) is 0. The molecule has 0 saturated heterocycles. The molecule has 0 fully saturated rings. The van der Waals surface area contributed by atoms with Crippen molar-refractivity contribution in [1.82, 2.24) is 0 Å². The minimum atomic E-state index is 0. The SMILES string of the molecule is O.O.O.[Na].[Na].[Sn]. The molecule has 3 nitrogen and oxygen atoms in total. The molecule has 0 aliphatic carbocycles. The predicted octanol–water partition coefficient (Wildman–Crippen LogP) is -3.62. The van der Waals surface area contributed by atoms with Gasteiger partial charge in [-0.1, -0.05) is 0 Å². The van der Waals surface area contributed by atoms with Crippen molar-refractivity contribution in [3.05, 3.63) is 0 Å². The van der Waals surface area contributed by atoms with Crippen LogP contribution in [0.1, 0.15) is 0 Å². The van der Waals surface area contributed by atoms with E-state index in [1.807, 2.05) is 0 Å². The molecule has 0 unspecified atom stereocenters. The average Bonchev–Trinajstić information content (AvgIpc) is 0. The zero-order valence-corrected chi connectivity index (χ0v) is 10.9. The quantitative estimate of drug-likeness (QED) is 0.376. The van der Waals surface area contributed by atoms with E-state index in [0.717, 1.165) is 0 Å². The van der Waals surface area contributed by atoms with E-state index >= 15 is 0 Å². The molecule has 0 aromatic rings. The van der Waals surface area contributed by atoms with E-state index in [2.05, 4.69) is 0 Å². The first-order valence-electron chi connectivity index (χ1n) is 0. The maximum absolute atomic E-state index is 0. The van der Waals surface area contributed by atoms with Crippen molar-refractivity contribution in [1.29, 1.82) is 0 Å². The Hall–Kier alpha value is 2.68. The van der Waals surface area contributed by atoms with E-state index in [9.17, 15) is 0 Å². The van der Waals surface area contributed by atoms with Gasteiger partial charge in [-0.2, -0.15) is 0 Å². The van der Waals surface area contributed by atoms with Gasteiger partial charge in [0.25, 0.3) is 0 Å². The fourth-order valence-corrected chi connectivity index (χ4v) is 0. The Kier molecular flexibility index (Phi) is 567. The Morgan fingerprint density at radius 2 is 0.500 bits per heavy atom. The predicted molar refractivity (Wildman–Crippen MR) is 28.1 cm³/mol. The first-order chi connectivity index (χ1) is 0. The van der Waals surface area contributed by atoms with Gasteiger partial charge in [-0.25, -0.2) is 0 Å². The maximum atomic E-state index is 0. The molecule has 0 saturated carbocycles. The van der Waals surface area contributed by atoms with E-state index < -0.39 is 0 Å².